The molecule has 36 heavy (non-hydrogen) atoms. The van der Waals surface area contributed by atoms with Gasteiger partial charge in [-0.25, -0.2) is 13.6 Å². The Hall–Kier alpha value is -3.58. The van der Waals surface area contributed by atoms with E-state index in [9.17, 15) is 23.5 Å². The first kappa shape index (κ1) is 25.5. The molecule has 3 aromatic carbocycles. The van der Waals surface area contributed by atoms with E-state index in [4.69, 9.17) is 4.74 Å². The number of hydrogen-bond acceptors (Lipinski definition) is 3. The second-order valence-corrected chi connectivity index (χ2v) is 10.1. The van der Waals surface area contributed by atoms with Gasteiger partial charge in [-0.2, -0.15) is 0 Å². The van der Waals surface area contributed by atoms with Crippen LogP contribution in [0.1, 0.15) is 59.5 Å². The molecule has 0 spiro atoms. The highest BCUT2D eigenvalue weighted by molar-refractivity contribution is 6.08. The van der Waals surface area contributed by atoms with Gasteiger partial charge in [-0.15, -0.1) is 0 Å². The van der Waals surface area contributed by atoms with Crippen LogP contribution in [0.15, 0.2) is 48.5 Å². The molecule has 7 heteroatoms. The largest absolute Gasteiger partial charge is 0.479 e. The molecule has 0 fully saturated rings. The third-order valence-electron chi connectivity index (χ3n) is 6.24. The van der Waals surface area contributed by atoms with Crippen LogP contribution in [0.4, 0.5) is 14.5 Å². The summed E-state index contributed by atoms with van der Waals surface area (Å²) in [6, 6.07) is 12.7. The van der Waals surface area contributed by atoms with Gasteiger partial charge in [0, 0.05) is 23.4 Å². The molecule has 0 saturated heterocycles. The Labute approximate surface area is 209 Å². The number of ether oxygens (including phenoxy) is 1. The third-order valence-corrected chi connectivity index (χ3v) is 6.24. The number of halogens is 2. The number of fused-ring (bicyclic) bond motifs is 1. The minimum absolute atomic E-state index is 0.0415. The number of benzene rings is 3. The number of carbonyl (C=O) groups excluding carboxylic acids is 1. The number of amides is 1. The maximum absolute atomic E-state index is 13.8. The van der Waals surface area contributed by atoms with E-state index in [0.717, 1.165) is 34.4 Å². The molecule has 5 nitrogen and oxygen atoms in total. The van der Waals surface area contributed by atoms with Crippen molar-refractivity contribution >= 4 is 17.6 Å². The Bertz CT molecular complexity index is 1340. The van der Waals surface area contributed by atoms with Crippen LogP contribution in [0.3, 0.4) is 0 Å². The van der Waals surface area contributed by atoms with E-state index in [0.29, 0.717) is 29.8 Å². The topological polar surface area (TPSA) is 66.8 Å². The van der Waals surface area contributed by atoms with Gasteiger partial charge in [0.1, 0.15) is 0 Å². The maximum Gasteiger partial charge on any atom is 0.337 e. The minimum Gasteiger partial charge on any atom is -0.479 e. The van der Waals surface area contributed by atoms with Gasteiger partial charge in [0.25, 0.3) is 5.91 Å². The number of carboxylic acid groups (broad SMARTS) is 1. The molecule has 1 N–H and O–H groups in total. The minimum atomic E-state index is -1.22. The first-order valence-electron chi connectivity index (χ1n) is 11.8. The summed E-state index contributed by atoms with van der Waals surface area (Å²) in [5, 5.41) is 10.2. The molecule has 0 aliphatic carbocycles. The molecule has 1 aliphatic heterocycles. The van der Waals surface area contributed by atoms with Crippen LogP contribution in [0.25, 0.3) is 11.1 Å². The molecule has 4 rings (SSSR count). The van der Waals surface area contributed by atoms with Crippen molar-refractivity contribution in [2.75, 3.05) is 11.4 Å². The normalized spacial score (nSPS) is 14.0. The van der Waals surface area contributed by atoms with E-state index in [1.165, 1.54) is 11.0 Å². The summed E-state index contributed by atoms with van der Waals surface area (Å²) in [5.41, 5.74) is 4.57. The van der Waals surface area contributed by atoms with Crippen molar-refractivity contribution in [2.45, 2.75) is 52.7 Å². The zero-order valence-electron chi connectivity index (χ0n) is 21.0. The van der Waals surface area contributed by atoms with Gasteiger partial charge in [0.2, 0.25) is 0 Å². The number of nitrogens with zero attached hydrogens (tertiary/aromatic N) is 1. The number of anilines is 1. The molecular formula is C29H29F2NO4. The standard InChI is InChI=1S/C29H29F2NO4/c1-16-6-8-18(9-7-16)25-20-12-13-32(27(33)19-10-11-21(30)22(31)15-19)23(20)14-17(2)24(25)26(28(34)35)36-29(3,4)5/h6-11,14-15,26H,12-13H2,1-5H3,(H,34,35)/t26-/m0/s1. The number of hydrogen-bond donors (Lipinski definition) is 1. The Morgan fingerprint density at radius 1 is 1.00 bits per heavy atom. The lowest BCUT2D eigenvalue weighted by Gasteiger charge is -2.29. The monoisotopic (exact) mass is 493 g/mol. The molecule has 0 bridgehead atoms. The average molecular weight is 494 g/mol. The highest BCUT2D eigenvalue weighted by atomic mass is 19.2. The van der Waals surface area contributed by atoms with Crippen LogP contribution in [-0.4, -0.2) is 29.1 Å². The number of carbonyl (C=O) groups is 2. The van der Waals surface area contributed by atoms with E-state index in [1.807, 2.05) is 31.2 Å². The van der Waals surface area contributed by atoms with Crippen LogP contribution >= 0.6 is 0 Å². The number of carboxylic acids is 1. The molecule has 0 unspecified atom stereocenters. The second kappa shape index (κ2) is 9.47. The Balaban J connectivity index is 1.92. The lowest BCUT2D eigenvalue weighted by Crippen LogP contribution is -2.29. The van der Waals surface area contributed by atoms with Crippen molar-refractivity contribution in [2.24, 2.45) is 0 Å². The van der Waals surface area contributed by atoms with Gasteiger partial charge in [-0.3, -0.25) is 4.79 Å². The predicted molar refractivity (Wildman–Crippen MR) is 134 cm³/mol. The van der Waals surface area contributed by atoms with Crippen LogP contribution in [-0.2, 0) is 16.0 Å². The molecule has 1 heterocycles. The third kappa shape index (κ3) is 4.88. The molecular weight excluding hydrogens is 464 g/mol. The summed E-state index contributed by atoms with van der Waals surface area (Å²) in [5.74, 6) is -3.66. The van der Waals surface area contributed by atoms with Crippen molar-refractivity contribution < 1.29 is 28.2 Å². The van der Waals surface area contributed by atoms with Crippen LogP contribution < -0.4 is 4.90 Å². The number of aliphatic carboxylic acids is 1. The highest BCUT2D eigenvalue weighted by Crippen LogP contribution is 2.45. The Morgan fingerprint density at radius 3 is 2.25 bits per heavy atom. The lowest BCUT2D eigenvalue weighted by molar-refractivity contribution is -0.160. The summed E-state index contributed by atoms with van der Waals surface area (Å²) < 4.78 is 33.3. The van der Waals surface area contributed by atoms with E-state index in [2.05, 4.69) is 0 Å². The van der Waals surface area contributed by atoms with Crippen LogP contribution in [0, 0.1) is 25.5 Å². The summed E-state index contributed by atoms with van der Waals surface area (Å²) in [7, 11) is 0. The summed E-state index contributed by atoms with van der Waals surface area (Å²) in [6.45, 7) is 9.51. The number of aryl methyl sites for hydroxylation is 2. The van der Waals surface area contributed by atoms with Crippen molar-refractivity contribution in [3.05, 3.63) is 88.0 Å². The summed E-state index contributed by atoms with van der Waals surface area (Å²) >= 11 is 0. The zero-order chi connectivity index (χ0) is 26.4. The van der Waals surface area contributed by atoms with E-state index in [-0.39, 0.29) is 5.56 Å². The first-order valence-corrected chi connectivity index (χ1v) is 11.8. The maximum atomic E-state index is 13.8. The van der Waals surface area contributed by atoms with Gasteiger partial charge in [0.15, 0.2) is 17.7 Å². The van der Waals surface area contributed by atoms with Gasteiger partial charge in [-0.1, -0.05) is 29.8 Å². The fourth-order valence-electron chi connectivity index (χ4n) is 4.67. The van der Waals surface area contributed by atoms with Crippen molar-refractivity contribution in [3.63, 3.8) is 0 Å². The quantitative estimate of drug-likeness (QED) is 0.447. The van der Waals surface area contributed by atoms with Gasteiger partial charge >= 0.3 is 5.97 Å². The fourth-order valence-corrected chi connectivity index (χ4v) is 4.67. The van der Waals surface area contributed by atoms with Crippen molar-refractivity contribution in [1.82, 2.24) is 0 Å². The van der Waals surface area contributed by atoms with Gasteiger partial charge in [0.05, 0.1) is 5.60 Å². The molecule has 0 aromatic heterocycles. The van der Waals surface area contributed by atoms with Crippen molar-refractivity contribution in [1.29, 1.82) is 0 Å². The molecule has 1 atom stereocenters. The van der Waals surface area contributed by atoms with Crippen molar-refractivity contribution in [3.8, 4) is 11.1 Å². The SMILES string of the molecule is Cc1ccc(-c2c3c(cc(C)c2[C@H](OC(C)(C)C)C(=O)O)N(C(=O)c2ccc(F)c(F)c2)CC3)cc1. The molecule has 1 amide bonds. The second-order valence-electron chi connectivity index (χ2n) is 10.1. The van der Waals surface area contributed by atoms with E-state index in [1.54, 1.807) is 33.8 Å². The molecule has 0 saturated carbocycles. The van der Waals surface area contributed by atoms with Gasteiger partial charge in [-0.05, 0) is 87.6 Å². The Morgan fingerprint density at radius 2 is 1.67 bits per heavy atom. The lowest BCUT2D eigenvalue weighted by atomic mass is 9.86. The highest BCUT2D eigenvalue weighted by Gasteiger charge is 2.36. The average Bonchev–Trinajstić information content (AvgIpc) is 3.21. The number of rotatable bonds is 5. The molecule has 0 radical (unpaired) electrons. The smallest absolute Gasteiger partial charge is 0.337 e. The molecule has 3 aromatic rings. The Kier molecular flexibility index (Phi) is 6.71. The summed E-state index contributed by atoms with van der Waals surface area (Å²) in [4.78, 5) is 27.3. The van der Waals surface area contributed by atoms with Gasteiger partial charge < -0.3 is 14.7 Å². The van der Waals surface area contributed by atoms with Crippen LogP contribution in [0.5, 0.6) is 0 Å². The van der Waals surface area contributed by atoms with E-state index >= 15 is 0 Å². The zero-order valence-corrected chi connectivity index (χ0v) is 21.0. The fraction of sp³-hybridized carbons (Fsp3) is 0.310. The van der Waals surface area contributed by atoms with Crippen LogP contribution in [0.2, 0.25) is 0 Å². The predicted octanol–water partition coefficient (Wildman–Crippen LogP) is 6.39. The van der Waals surface area contributed by atoms with E-state index < -0.39 is 35.2 Å². The molecule has 1 aliphatic rings. The molecule has 188 valence electrons. The summed E-state index contributed by atoms with van der Waals surface area (Å²) in [6.07, 6.45) is -0.745. The first-order chi connectivity index (χ1) is 16.9.